The molecule has 0 spiro atoms. The molecule has 0 fully saturated rings. The molecule has 0 N–H and O–H groups in total. The van der Waals surface area contributed by atoms with E-state index < -0.39 is 0 Å². The first-order chi connectivity index (χ1) is 33.3. The summed E-state index contributed by atoms with van der Waals surface area (Å²) in [7, 11) is 0. The van der Waals surface area contributed by atoms with E-state index in [2.05, 4.69) is 246 Å². The number of benzene rings is 12. The molecular formula is C67H53N. The summed E-state index contributed by atoms with van der Waals surface area (Å²) in [5.41, 5.74) is 17.6. The molecule has 12 aromatic rings. The van der Waals surface area contributed by atoms with Crippen LogP contribution in [0, 0.1) is 20.8 Å². The number of aryl methyl sites for hydroxylation is 5. The van der Waals surface area contributed by atoms with E-state index >= 15 is 0 Å². The van der Waals surface area contributed by atoms with E-state index in [0.717, 1.165) is 12.8 Å². The van der Waals surface area contributed by atoms with Crippen LogP contribution in [0.1, 0.15) is 41.7 Å². The summed E-state index contributed by atoms with van der Waals surface area (Å²) >= 11 is 0. The number of hydrogen-bond donors (Lipinski definition) is 0. The van der Waals surface area contributed by atoms with Crippen LogP contribution in [-0.4, -0.2) is 0 Å². The Bertz CT molecular complexity index is 3930. The molecule has 1 nitrogen and oxygen atoms in total. The van der Waals surface area contributed by atoms with E-state index in [1.54, 1.807) is 0 Å². The van der Waals surface area contributed by atoms with Crippen LogP contribution in [0.3, 0.4) is 0 Å². The van der Waals surface area contributed by atoms with Crippen LogP contribution >= 0.6 is 0 Å². The van der Waals surface area contributed by atoms with Crippen LogP contribution < -0.4 is 4.90 Å². The third-order valence-electron chi connectivity index (χ3n) is 14.7. The minimum atomic E-state index is 0.898. The lowest BCUT2D eigenvalue weighted by molar-refractivity contribution is 1.11. The summed E-state index contributed by atoms with van der Waals surface area (Å²) in [5.74, 6) is 0. The van der Waals surface area contributed by atoms with Crippen LogP contribution in [0.25, 0.3) is 98.0 Å². The van der Waals surface area contributed by atoms with Crippen molar-refractivity contribution in [3.8, 4) is 33.4 Å². The second-order valence-corrected chi connectivity index (χ2v) is 18.8. The van der Waals surface area contributed by atoms with Crippen LogP contribution in [0.2, 0.25) is 0 Å². The zero-order valence-electron chi connectivity index (χ0n) is 39.5. The summed E-state index contributed by atoms with van der Waals surface area (Å²) in [6.07, 6.45) is 1.80. The fourth-order valence-electron chi connectivity index (χ4n) is 11.2. The molecule has 0 bridgehead atoms. The van der Waals surface area contributed by atoms with Gasteiger partial charge in [-0.05, 0) is 226 Å². The van der Waals surface area contributed by atoms with Crippen LogP contribution in [0.4, 0.5) is 17.1 Å². The smallest absolute Gasteiger partial charge is 0.0494 e. The molecule has 0 aliphatic heterocycles. The third-order valence-corrected chi connectivity index (χ3v) is 14.7. The summed E-state index contributed by atoms with van der Waals surface area (Å²) in [6, 6.07) is 77.5. The summed E-state index contributed by atoms with van der Waals surface area (Å²) in [5, 5.41) is 15.3. The minimum Gasteiger partial charge on any atom is -0.310 e. The van der Waals surface area contributed by atoms with Gasteiger partial charge in [0.15, 0.2) is 0 Å². The van der Waals surface area contributed by atoms with Gasteiger partial charge in [-0.1, -0.05) is 153 Å². The summed E-state index contributed by atoms with van der Waals surface area (Å²) in [6.45, 7) is 11.5. The topological polar surface area (TPSA) is 3.24 Å². The molecule has 0 saturated heterocycles. The molecule has 326 valence electrons. The zero-order chi connectivity index (χ0) is 46.0. The van der Waals surface area contributed by atoms with Crippen molar-refractivity contribution >= 4 is 81.7 Å². The lowest BCUT2D eigenvalue weighted by atomic mass is 9.87. The number of hydrogen-bond acceptors (Lipinski definition) is 1. The lowest BCUT2D eigenvalue weighted by Gasteiger charge is -2.32. The molecule has 0 unspecified atom stereocenters. The van der Waals surface area contributed by atoms with Gasteiger partial charge in [-0.2, -0.15) is 0 Å². The molecule has 12 rings (SSSR count). The molecular weight excluding hydrogens is 819 g/mol. The molecule has 0 saturated carbocycles. The van der Waals surface area contributed by atoms with Crippen LogP contribution in [0.5, 0.6) is 0 Å². The Balaban J connectivity index is 1.07. The van der Waals surface area contributed by atoms with E-state index in [0.29, 0.717) is 0 Å². The van der Waals surface area contributed by atoms with Gasteiger partial charge in [0.05, 0.1) is 0 Å². The van der Waals surface area contributed by atoms with Crippen molar-refractivity contribution in [3.63, 3.8) is 0 Å². The largest absolute Gasteiger partial charge is 0.310 e. The highest BCUT2D eigenvalue weighted by molar-refractivity contribution is 6.14. The molecule has 0 heterocycles. The van der Waals surface area contributed by atoms with Crippen molar-refractivity contribution in [3.05, 3.63) is 234 Å². The molecule has 12 aromatic carbocycles. The maximum absolute atomic E-state index is 2.57. The van der Waals surface area contributed by atoms with Gasteiger partial charge in [-0.3, -0.25) is 0 Å². The van der Waals surface area contributed by atoms with E-state index in [1.807, 2.05) is 0 Å². The van der Waals surface area contributed by atoms with Crippen molar-refractivity contribution in [1.29, 1.82) is 0 Å². The Kier molecular flexibility index (Phi) is 10.2. The fourth-order valence-corrected chi connectivity index (χ4v) is 11.2. The Morgan fingerprint density at radius 3 is 1.25 bits per heavy atom. The lowest BCUT2D eigenvalue weighted by Crippen LogP contribution is -2.15. The Labute approximate surface area is 399 Å². The van der Waals surface area contributed by atoms with Crippen LogP contribution in [0.15, 0.2) is 206 Å². The van der Waals surface area contributed by atoms with E-state index in [4.69, 9.17) is 0 Å². The Morgan fingerprint density at radius 2 is 0.706 bits per heavy atom. The number of anilines is 3. The highest BCUT2D eigenvalue weighted by atomic mass is 15.1. The first-order valence-corrected chi connectivity index (χ1v) is 24.3. The monoisotopic (exact) mass is 871 g/mol. The number of rotatable bonds is 8. The normalized spacial score (nSPS) is 11.7. The average molecular weight is 872 g/mol. The highest BCUT2D eigenvalue weighted by Gasteiger charge is 2.24. The first-order valence-electron chi connectivity index (χ1n) is 24.3. The number of nitrogens with zero attached hydrogens (tertiary/aromatic N) is 1. The maximum Gasteiger partial charge on any atom is 0.0494 e. The maximum atomic E-state index is 2.57. The standard InChI is InChI=1S/C67H53N/c1-6-45-40-65(43(4)33-60(45)59-29-17-25-54-36-48-19-9-11-21-50(48)39-62(54)59)68(64-31-30-55(32-42(64)3)56-28-16-24-53-35-47-18-8-10-20-49(47)38-61(53)56)66-41-46(7-2)63(34-44(66)5)67-57-26-14-12-22-51(57)37-52-23-13-15-27-58(52)67/h8-41H,6-7H2,1-5H3. The molecule has 0 aliphatic rings. The fraction of sp³-hybridized carbons (Fsp3) is 0.104. The van der Waals surface area contributed by atoms with Gasteiger partial charge < -0.3 is 4.90 Å². The van der Waals surface area contributed by atoms with E-state index in [1.165, 1.54) is 143 Å². The minimum absolute atomic E-state index is 0.898. The molecule has 0 amide bonds. The Morgan fingerprint density at radius 1 is 0.294 bits per heavy atom. The predicted molar refractivity (Wildman–Crippen MR) is 295 cm³/mol. The van der Waals surface area contributed by atoms with Crippen molar-refractivity contribution in [1.82, 2.24) is 0 Å². The quantitative estimate of drug-likeness (QED) is 0.138. The van der Waals surface area contributed by atoms with Gasteiger partial charge in [-0.25, -0.2) is 0 Å². The van der Waals surface area contributed by atoms with Crippen molar-refractivity contribution in [2.45, 2.75) is 47.5 Å². The van der Waals surface area contributed by atoms with Gasteiger partial charge in [0.2, 0.25) is 0 Å². The van der Waals surface area contributed by atoms with Crippen molar-refractivity contribution < 1.29 is 0 Å². The van der Waals surface area contributed by atoms with Gasteiger partial charge in [-0.15, -0.1) is 0 Å². The van der Waals surface area contributed by atoms with Crippen molar-refractivity contribution in [2.24, 2.45) is 0 Å². The molecule has 0 aliphatic carbocycles. The van der Waals surface area contributed by atoms with Crippen LogP contribution in [-0.2, 0) is 12.8 Å². The average Bonchev–Trinajstić information content (AvgIpc) is 3.37. The van der Waals surface area contributed by atoms with Gasteiger partial charge in [0.25, 0.3) is 0 Å². The molecule has 0 aromatic heterocycles. The Hall–Kier alpha value is -8.00. The molecule has 68 heavy (non-hydrogen) atoms. The van der Waals surface area contributed by atoms with Gasteiger partial charge >= 0.3 is 0 Å². The molecule has 0 atom stereocenters. The van der Waals surface area contributed by atoms with Gasteiger partial charge in [0.1, 0.15) is 0 Å². The van der Waals surface area contributed by atoms with E-state index in [-0.39, 0.29) is 0 Å². The predicted octanol–water partition coefficient (Wildman–Crippen LogP) is 19.1. The summed E-state index contributed by atoms with van der Waals surface area (Å²) < 4.78 is 0. The number of fused-ring (bicyclic) bond motifs is 6. The highest BCUT2D eigenvalue weighted by Crippen LogP contribution is 2.47. The molecule has 1 heteroatoms. The third kappa shape index (κ3) is 6.92. The first kappa shape index (κ1) is 41.4. The molecule has 0 radical (unpaired) electrons. The SMILES string of the molecule is CCc1cc(N(c2ccc(-c3cccc4cc5ccccc5cc34)cc2C)c2cc(CC)c(-c3c4ccccc4cc4ccccc34)cc2C)c(C)cc1-c1cccc2cc3ccccc3cc12. The van der Waals surface area contributed by atoms with E-state index in [9.17, 15) is 0 Å². The summed E-state index contributed by atoms with van der Waals surface area (Å²) in [4.78, 5) is 2.57. The second kappa shape index (κ2) is 16.7. The van der Waals surface area contributed by atoms with Gasteiger partial charge in [0, 0.05) is 17.1 Å². The van der Waals surface area contributed by atoms with Crippen molar-refractivity contribution in [2.75, 3.05) is 4.90 Å². The second-order valence-electron chi connectivity index (χ2n) is 18.8. The zero-order valence-corrected chi connectivity index (χ0v) is 39.5.